The average Bonchev–Trinajstić information content (AvgIpc) is 3.56. The molecule has 1 aromatic heterocycles. The van der Waals surface area contributed by atoms with Crippen LogP contribution in [-0.2, 0) is 12.0 Å². The van der Waals surface area contributed by atoms with Gasteiger partial charge in [-0.1, -0.05) is 44.0 Å². The molecule has 8 nitrogen and oxygen atoms in total. The van der Waals surface area contributed by atoms with Gasteiger partial charge in [-0.2, -0.15) is 0 Å². The van der Waals surface area contributed by atoms with Crippen molar-refractivity contribution in [1.82, 2.24) is 24.7 Å². The fraction of sp³-hybridized carbons (Fsp3) is 0.630. The lowest BCUT2D eigenvalue weighted by molar-refractivity contribution is 0.0730. The van der Waals surface area contributed by atoms with Crippen LogP contribution in [0.25, 0.3) is 0 Å². The molecule has 0 bridgehead atoms. The van der Waals surface area contributed by atoms with E-state index in [1.807, 2.05) is 17.7 Å². The molecule has 0 radical (unpaired) electrons. The Bertz CT molecular complexity index is 1140. The molecule has 3 N–H and O–H groups in total. The van der Waals surface area contributed by atoms with Crippen LogP contribution < -0.4 is 10.6 Å². The first-order valence-electron chi connectivity index (χ1n) is 13.1. The van der Waals surface area contributed by atoms with Crippen molar-refractivity contribution in [3.05, 3.63) is 39.4 Å². The van der Waals surface area contributed by atoms with Gasteiger partial charge in [0.05, 0.1) is 12.2 Å². The third-order valence-corrected chi connectivity index (χ3v) is 8.24. The summed E-state index contributed by atoms with van der Waals surface area (Å²) < 4.78 is 2.04. The van der Waals surface area contributed by atoms with E-state index in [2.05, 4.69) is 55.1 Å². The third kappa shape index (κ3) is 5.87. The summed E-state index contributed by atoms with van der Waals surface area (Å²) in [6.45, 7) is 14.4. The molecule has 1 amide bonds. The van der Waals surface area contributed by atoms with E-state index in [9.17, 15) is 9.90 Å². The van der Waals surface area contributed by atoms with E-state index in [0.29, 0.717) is 34.8 Å². The molecular formula is C27H40Cl2N6O2. The zero-order valence-electron chi connectivity index (χ0n) is 22.7. The molecule has 2 fully saturated rings. The Kier molecular flexibility index (Phi) is 8.34. The van der Waals surface area contributed by atoms with Gasteiger partial charge in [-0.15, -0.1) is 0 Å². The van der Waals surface area contributed by atoms with Gasteiger partial charge in [0.1, 0.15) is 17.3 Å². The number of halogens is 2. The van der Waals surface area contributed by atoms with Gasteiger partial charge in [0, 0.05) is 55.9 Å². The number of carbonyl (C=O) groups excluding carboxylic acids is 1. The van der Waals surface area contributed by atoms with E-state index in [1.54, 1.807) is 11.0 Å². The van der Waals surface area contributed by atoms with Crippen molar-refractivity contribution in [3.8, 4) is 5.75 Å². The fourth-order valence-electron chi connectivity index (χ4n) is 5.36. The number of likely N-dealkylation sites (N-methyl/N-ethyl adjacent to an activating group) is 1. The number of hydrogen-bond acceptors (Lipinski definition) is 6. The Labute approximate surface area is 230 Å². The lowest BCUT2D eigenvalue weighted by Crippen LogP contribution is -2.40. The van der Waals surface area contributed by atoms with Crippen LogP contribution in [0, 0.1) is 0 Å². The van der Waals surface area contributed by atoms with Crippen LogP contribution in [0.1, 0.15) is 75.4 Å². The molecule has 0 unspecified atom stereocenters. The van der Waals surface area contributed by atoms with Gasteiger partial charge in [-0.25, -0.2) is 4.98 Å². The minimum absolute atomic E-state index is 0.0684. The SMILES string of the molecule is CC(C)N1CC[C@@H](n2c(CNc3cc(C(C)(C)C)c(Cl)cc3O)nc(Cl)c2C(=O)N(C)[C@@H]2CCNC2)C1. The molecule has 4 rings (SSSR count). The number of hydrogen-bond donors (Lipinski definition) is 3. The van der Waals surface area contributed by atoms with Gasteiger partial charge in [0.2, 0.25) is 0 Å². The summed E-state index contributed by atoms with van der Waals surface area (Å²) >= 11 is 13.1. The summed E-state index contributed by atoms with van der Waals surface area (Å²) in [4.78, 5) is 22.6. The molecule has 37 heavy (non-hydrogen) atoms. The number of carbonyl (C=O) groups is 1. The Morgan fingerprint density at radius 2 is 2.03 bits per heavy atom. The second-order valence-electron chi connectivity index (χ2n) is 11.6. The largest absolute Gasteiger partial charge is 0.506 e. The number of phenols is 1. The number of imidazole rings is 1. The second kappa shape index (κ2) is 11.0. The summed E-state index contributed by atoms with van der Waals surface area (Å²) in [5.41, 5.74) is 1.75. The van der Waals surface area contributed by atoms with Gasteiger partial charge < -0.3 is 25.2 Å². The van der Waals surface area contributed by atoms with Crippen molar-refractivity contribution in [2.24, 2.45) is 0 Å². The lowest BCUT2D eigenvalue weighted by Gasteiger charge is -2.27. The predicted molar refractivity (Wildman–Crippen MR) is 150 cm³/mol. The molecular weight excluding hydrogens is 511 g/mol. The highest BCUT2D eigenvalue weighted by atomic mass is 35.5. The van der Waals surface area contributed by atoms with Crippen LogP contribution >= 0.6 is 23.2 Å². The minimum Gasteiger partial charge on any atom is -0.506 e. The Balaban J connectivity index is 1.68. The van der Waals surface area contributed by atoms with E-state index in [1.165, 1.54) is 0 Å². The van der Waals surface area contributed by atoms with Crippen LogP contribution in [0.5, 0.6) is 5.75 Å². The van der Waals surface area contributed by atoms with Crippen LogP contribution in [-0.4, -0.2) is 75.7 Å². The average molecular weight is 552 g/mol. The molecule has 2 atom stereocenters. The normalized spacial score (nSPS) is 20.7. The molecule has 204 valence electrons. The molecule has 2 aromatic rings. The maximum absolute atomic E-state index is 13.7. The number of aromatic nitrogens is 2. The smallest absolute Gasteiger partial charge is 0.273 e. The van der Waals surface area contributed by atoms with E-state index >= 15 is 0 Å². The van der Waals surface area contributed by atoms with Crippen molar-refractivity contribution in [2.45, 2.75) is 77.5 Å². The number of aromatic hydroxyl groups is 1. The molecule has 10 heteroatoms. The van der Waals surface area contributed by atoms with Gasteiger partial charge in [0.15, 0.2) is 5.15 Å². The maximum Gasteiger partial charge on any atom is 0.273 e. The fourth-order valence-corrected chi connectivity index (χ4v) is 6.07. The van der Waals surface area contributed by atoms with Crippen LogP contribution in [0.2, 0.25) is 10.2 Å². The van der Waals surface area contributed by atoms with Crippen molar-refractivity contribution in [3.63, 3.8) is 0 Å². The van der Waals surface area contributed by atoms with Crippen LogP contribution in [0.3, 0.4) is 0 Å². The Morgan fingerprint density at radius 3 is 2.62 bits per heavy atom. The number of nitrogens with one attached hydrogen (secondary N) is 2. The van der Waals surface area contributed by atoms with E-state index in [-0.39, 0.29) is 34.3 Å². The minimum atomic E-state index is -0.188. The number of likely N-dealkylation sites (tertiary alicyclic amines) is 1. The molecule has 2 aliphatic heterocycles. The molecule has 0 saturated carbocycles. The monoisotopic (exact) mass is 550 g/mol. The Hall–Kier alpha value is -2.00. The number of nitrogens with zero attached hydrogens (tertiary/aromatic N) is 4. The molecule has 0 aliphatic carbocycles. The number of phenolic OH excluding ortho intramolecular Hbond substituents is 1. The first-order chi connectivity index (χ1) is 17.4. The summed E-state index contributed by atoms with van der Waals surface area (Å²) in [6, 6.07) is 4.08. The highest BCUT2D eigenvalue weighted by molar-refractivity contribution is 6.32. The summed E-state index contributed by atoms with van der Waals surface area (Å²) in [5, 5.41) is 18.0. The number of rotatable bonds is 7. The number of amides is 1. The van der Waals surface area contributed by atoms with Gasteiger partial charge in [-0.05, 0) is 50.3 Å². The first kappa shape index (κ1) is 28.0. The first-order valence-corrected chi connectivity index (χ1v) is 13.9. The van der Waals surface area contributed by atoms with Crippen LogP contribution in [0.15, 0.2) is 12.1 Å². The van der Waals surface area contributed by atoms with E-state index in [4.69, 9.17) is 23.2 Å². The topological polar surface area (TPSA) is 85.7 Å². The van der Waals surface area contributed by atoms with Gasteiger partial charge in [0.25, 0.3) is 5.91 Å². The zero-order chi connectivity index (χ0) is 27.1. The zero-order valence-corrected chi connectivity index (χ0v) is 24.2. The van der Waals surface area contributed by atoms with Crippen molar-refractivity contribution < 1.29 is 9.90 Å². The molecule has 3 heterocycles. The standard InChI is InChI=1S/C27H40Cl2N6O2/c1-16(2)34-10-8-18(15-34)35-23(14-31-21-11-19(27(3,4)5)20(28)12-22(21)36)32-25(29)24(35)26(37)33(6)17-7-9-30-13-17/h11-12,16-18,30-31,36H,7-10,13-15H2,1-6H3/t17-,18-/m1/s1. The molecule has 2 aliphatic rings. The van der Waals surface area contributed by atoms with Crippen molar-refractivity contribution in [2.75, 3.05) is 38.5 Å². The maximum atomic E-state index is 13.7. The molecule has 0 spiro atoms. The predicted octanol–water partition coefficient (Wildman–Crippen LogP) is 4.89. The second-order valence-corrected chi connectivity index (χ2v) is 12.3. The summed E-state index contributed by atoms with van der Waals surface area (Å²) in [6.07, 6.45) is 1.83. The highest BCUT2D eigenvalue weighted by Crippen LogP contribution is 2.37. The number of benzene rings is 1. The summed E-state index contributed by atoms with van der Waals surface area (Å²) in [5.74, 6) is 0.636. The van der Waals surface area contributed by atoms with Crippen molar-refractivity contribution in [1.29, 1.82) is 0 Å². The van der Waals surface area contributed by atoms with Crippen molar-refractivity contribution >= 4 is 34.8 Å². The Morgan fingerprint density at radius 1 is 1.30 bits per heavy atom. The van der Waals surface area contributed by atoms with Gasteiger partial charge in [-0.3, -0.25) is 9.69 Å². The summed E-state index contributed by atoms with van der Waals surface area (Å²) in [7, 11) is 1.85. The van der Waals surface area contributed by atoms with Crippen LogP contribution in [0.4, 0.5) is 5.69 Å². The van der Waals surface area contributed by atoms with E-state index in [0.717, 1.165) is 44.6 Å². The van der Waals surface area contributed by atoms with Gasteiger partial charge >= 0.3 is 0 Å². The lowest BCUT2D eigenvalue weighted by atomic mass is 9.86. The quantitative estimate of drug-likeness (QED) is 0.425. The molecule has 1 aromatic carbocycles. The highest BCUT2D eigenvalue weighted by Gasteiger charge is 2.35. The van der Waals surface area contributed by atoms with E-state index < -0.39 is 0 Å². The third-order valence-electron chi connectivity index (χ3n) is 7.67. The number of anilines is 1. The molecule has 2 saturated heterocycles.